The number of anilines is 1. The van der Waals surface area contributed by atoms with E-state index in [0.717, 1.165) is 22.2 Å². The Labute approximate surface area is 98.7 Å². The minimum Gasteiger partial charge on any atom is -0.382 e. The number of hydrogen-bond donors (Lipinski definition) is 1. The molecule has 0 radical (unpaired) electrons. The van der Waals surface area contributed by atoms with Crippen LogP contribution in [0.5, 0.6) is 0 Å². The van der Waals surface area contributed by atoms with E-state index in [4.69, 9.17) is 5.73 Å². The summed E-state index contributed by atoms with van der Waals surface area (Å²) in [7, 11) is 0. The Bertz CT molecular complexity index is 665. The standard InChI is InChI=1S/C13H12N4/c1-9-8-17(16-13(9)14)11-4-5-12-10(7-11)3-2-6-15-12/h2-8H,1H3,(H2,14,16). The van der Waals surface area contributed by atoms with Gasteiger partial charge in [-0.2, -0.15) is 5.10 Å². The van der Waals surface area contributed by atoms with Crippen molar-refractivity contribution >= 4 is 16.7 Å². The molecule has 17 heavy (non-hydrogen) atoms. The summed E-state index contributed by atoms with van der Waals surface area (Å²) in [6.45, 7) is 1.95. The van der Waals surface area contributed by atoms with E-state index in [1.807, 2.05) is 43.5 Å². The third-order valence-electron chi connectivity index (χ3n) is 2.79. The van der Waals surface area contributed by atoms with E-state index in [2.05, 4.69) is 10.1 Å². The Morgan fingerprint density at radius 3 is 2.88 bits per heavy atom. The molecule has 0 fully saturated rings. The first kappa shape index (κ1) is 9.84. The number of pyridine rings is 1. The molecular formula is C13H12N4. The van der Waals surface area contributed by atoms with E-state index in [0.29, 0.717) is 5.82 Å². The number of rotatable bonds is 1. The average Bonchev–Trinajstić information content (AvgIpc) is 2.69. The fourth-order valence-electron chi connectivity index (χ4n) is 1.81. The first-order valence-electron chi connectivity index (χ1n) is 5.41. The molecule has 0 aliphatic carbocycles. The lowest BCUT2D eigenvalue weighted by atomic mass is 10.2. The minimum atomic E-state index is 0.566. The van der Waals surface area contributed by atoms with E-state index in [1.54, 1.807) is 10.9 Å². The summed E-state index contributed by atoms with van der Waals surface area (Å²) in [5.74, 6) is 0.566. The number of aryl methyl sites for hydroxylation is 1. The van der Waals surface area contributed by atoms with Crippen molar-refractivity contribution in [1.29, 1.82) is 0 Å². The van der Waals surface area contributed by atoms with Gasteiger partial charge in [0.05, 0.1) is 11.2 Å². The van der Waals surface area contributed by atoms with Crippen LogP contribution in [-0.4, -0.2) is 14.8 Å². The maximum Gasteiger partial charge on any atom is 0.148 e. The number of hydrogen-bond acceptors (Lipinski definition) is 3. The summed E-state index contributed by atoms with van der Waals surface area (Å²) >= 11 is 0. The Hall–Kier alpha value is -2.36. The summed E-state index contributed by atoms with van der Waals surface area (Å²) in [4.78, 5) is 4.28. The molecule has 0 bridgehead atoms. The molecule has 0 atom stereocenters. The monoisotopic (exact) mass is 224 g/mol. The highest BCUT2D eigenvalue weighted by Crippen LogP contribution is 2.18. The van der Waals surface area contributed by atoms with Crippen LogP contribution in [0.3, 0.4) is 0 Å². The van der Waals surface area contributed by atoms with E-state index < -0.39 is 0 Å². The average molecular weight is 224 g/mol. The second kappa shape index (κ2) is 3.59. The smallest absolute Gasteiger partial charge is 0.148 e. The quantitative estimate of drug-likeness (QED) is 0.690. The first-order valence-corrected chi connectivity index (χ1v) is 5.41. The van der Waals surface area contributed by atoms with Gasteiger partial charge < -0.3 is 5.73 Å². The number of benzene rings is 1. The highest BCUT2D eigenvalue weighted by Gasteiger charge is 2.03. The molecule has 0 aliphatic heterocycles. The molecule has 0 unspecified atom stereocenters. The second-order valence-electron chi connectivity index (χ2n) is 4.02. The molecule has 4 heteroatoms. The number of fused-ring (bicyclic) bond motifs is 1. The van der Waals surface area contributed by atoms with Crippen LogP contribution in [0, 0.1) is 6.92 Å². The van der Waals surface area contributed by atoms with E-state index in [-0.39, 0.29) is 0 Å². The van der Waals surface area contributed by atoms with Gasteiger partial charge in [0.15, 0.2) is 0 Å². The lowest BCUT2D eigenvalue weighted by molar-refractivity contribution is 0.887. The molecule has 2 N–H and O–H groups in total. The molecule has 2 aromatic heterocycles. The second-order valence-corrected chi connectivity index (χ2v) is 4.02. The molecule has 0 saturated heterocycles. The molecule has 3 aromatic rings. The predicted octanol–water partition coefficient (Wildman–Crippen LogP) is 2.31. The summed E-state index contributed by atoms with van der Waals surface area (Å²) in [5, 5.41) is 5.36. The zero-order chi connectivity index (χ0) is 11.8. The van der Waals surface area contributed by atoms with Crippen molar-refractivity contribution in [1.82, 2.24) is 14.8 Å². The van der Waals surface area contributed by atoms with E-state index >= 15 is 0 Å². The van der Waals surface area contributed by atoms with Crippen LogP contribution in [0.1, 0.15) is 5.56 Å². The molecule has 84 valence electrons. The molecule has 3 rings (SSSR count). The van der Waals surface area contributed by atoms with Crippen LogP contribution in [0.15, 0.2) is 42.7 Å². The zero-order valence-corrected chi connectivity index (χ0v) is 9.46. The van der Waals surface area contributed by atoms with Gasteiger partial charge in [-0.05, 0) is 31.2 Å². The minimum absolute atomic E-state index is 0.566. The van der Waals surface area contributed by atoms with Crippen LogP contribution < -0.4 is 5.73 Å². The van der Waals surface area contributed by atoms with Crippen LogP contribution in [-0.2, 0) is 0 Å². The molecule has 1 aromatic carbocycles. The van der Waals surface area contributed by atoms with Gasteiger partial charge in [-0.3, -0.25) is 4.98 Å². The largest absolute Gasteiger partial charge is 0.382 e. The number of nitrogen functional groups attached to an aromatic ring is 1. The van der Waals surface area contributed by atoms with Gasteiger partial charge in [0.25, 0.3) is 0 Å². The third-order valence-corrected chi connectivity index (χ3v) is 2.79. The maximum absolute atomic E-state index is 5.75. The van der Waals surface area contributed by atoms with Crippen molar-refractivity contribution in [3.05, 3.63) is 48.3 Å². The fraction of sp³-hybridized carbons (Fsp3) is 0.0769. The summed E-state index contributed by atoms with van der Waals surface area (Å²) in [6.07, 6.45) is 3.71. The topological polar surface area (TPSA) is 56.7 Å². The Balaban J connectivity index is 2.17. The van der Waals surface area contributed by atoms with Crippen molar-refractivity contribution in [2.45, 2.75) is 6.92 Å². The van der Waals surface area contributed by atoms with Gasteiger partial charge in [-0.25, -0.2) is 4.68 Å². The third kappa shape index (κ3) is 1.63. The van der Waals surface area contributed by atoms with Gasteiger partial charge in [-0.15, -0.1) is 0 Å². The molecule has 4 nitrogen and oxygen atoms in total. The van der Waals surface area contributed by atoms with E-state index in [9.17, 15) is 0 Å². The van der Waals surface area contributed by atoms with Gasteiger partial charge in [-0.1, -0.05) is 6.07 Å². The fourth-order valence-corrected chi connectivity index (χ4v) is 1.81. The summed E-state index contributed by atoms with van der Waals surface area (Å²) in [6, 6.07) is 9.98. The number of nitrogens with two attached hydrogens (primary N) is 1. The summed E-state index contributed by atoms with van der Waals surface area (Å²) in [5.41, 5.74) is 8.70. The molecule has 0 amide bonds. The molecular weight excluding hydrogens is 212 g/mol. The van der Waals surface area contributed by atoms with E-state index in [1.165, 1.54) is 0 Å². The Morgan fingerprint density at radius 2 is 2.12 bits per heavy atom. The lowest BCUT2D eigenvalue weighted by Gasteiger charge is -2.02. The molecule has 0 saturated carbocycles. The predicted molar refractivity (Wildman–Crippen MR) is 68.0 cm³/mol. The van der Waals surface area contributed by atoms with Crippen molar-refractivity contribution in [2.24, 2.45) is 0 Å². The lowest BCUT2D eigenvalue weighted by Crippen LogP contribution is -1.96. The maximum atomic E-state index is 5.75. The van der Waals surface area contributed by atoms with Crippen LogP contribution in [0.2, 0.25) is 0 Å². The summed E-state index contributed by atoms with van der Waals surface area (Å²) < 4.78 is 1.79. The van der Waals surface area contributed by atoms with Crippen LogP contribution in [0.4, 0.5) is 5.82 Å². The van der Waals surface area contributed by atoms with Crippen LogP contribution >= 0.6 is 0 Å². The highest BCUT2D eigenvalue weighted by atomic mass is 15.3. The van der Waals surface area contributed by atoms with Gasteiger partial charge in [0.2, 0.25) is 0 Å². The van der Waals surface area contributed by atoms with Gasteiger partial charge >= 0.3 is 0 Å². The number of aromatic nitrogens is 3. The molecule has 0 aliphatic rings. The first-order chi connectivity index (χ1) is 8.24. The molecule has 2 heterocycles. The van der Waals surface area contributed by atoms with Crippen molar-refractivity contribution in [2.75, 3.05) is 5.73 Å². The van der Waals surface area contributed by atoms with Gasteiger partial charge in [0, 0.05) is 23.3 Å². The van der Waals surface area contributed by atoms with Gasteiger partial charge in [0.1, 0.15) is 5.82 Å². The highest BCUT2D eigenvalue weighted by molar-refractivity contribution is 5.80. The Morgan fingerprint density at radius 1 is 1.24 bits per heavy atom. The Kier molecular flexibility index (Phi) is 2.08. The molecule has 0 spiro atoms. The zero-order valence-electron chi connectivity index (χ0n) is 9.46. The van der Waals surface area contributed by atoms with Crippen molar-refractivity contribution in [3.8, 4) is 5.69 Å². The SMILES string of the molecule is Cc1cn(-c2ccc3ncccc3c2)nc1N. The number of nitrogens with zero attached hydrogens (tertiary/aromatic N) is 3. The van der Waals surface area contributed by atoms with Crippen LogP contribution in [0.25, 0.3) is 16.6 Å². The van der Waals surface area contributed by atoms with Crippen molar-refractivity contribution < 1.29 is 0 Å². The van der Waals surface area contributed by atoms with Crippen molar-refractivity contribution in [3.63, 3.8) is 0 Å². The normalized spacial score (nSPS) is 10.9.